The van der Waals surface area contributed by atoms with Gasteiger partial charge in [0.05, 0.1) is 11.0 Å². The Morgan fingerprint density at radius 2 is 2.35 bits per heavy atom. The van der Waals surface area contributed by atoms with E-state index in [9.17, 15) is 0 Å². The van der Waals surface area contributed by atoms with Crippen molar-refractivity contribution < 1.29 is 0 Å². The van der Waals surface area contributed by atoms with Gasteiger partial charge in [-0.3, -0.25) is 11.3 Å². The third-order valence-electron chi connectivity index (χ3n) is 2.65. The van der Waals surface area contributed by atoms with Crippen LogP contribution in [-0.2, 0) is 6.42 Å². The van der Waals surface area contributed by atoms with Crippen molar-refractivity contribution >= 4 is 27.3 Å². The second-order valence-electron chi connectivity index (χ2n) is 3.86. The third kappa shape index (κ3) is 3.13. The lowest BCUT2D eigenvalue weighted by molar-refractivity contribution is 0.550. The van der Waals surface area contributed by atoms with Crippen LogP contribution in [-0.4, -0.2) is 4.98 Å². The second kappa shape index (κ2) is 5.73. The molecule has 0 fully saturated rings. The lowest BCUT2D eigenvalue weighted by Gasteiger charge is -2.16. The maximum atomic E-state index is 5.62. The predicted molar refractivity (Wildman–Crippen MR) is 74.8 cm³/mol. The van der Waals surface area contributed by atoms with E-state index in [1.54, 1.807) is 11.3 Å². The van der Waals surface area contributed by atoms with E-state index in [0.29, 0.717) is 0 Å². The standard InChI is InChI=1S/C12H14BrN3S/c1-8-6-9(2-3-10(8)13)11(16-14)7-12-15-4-5-17-12/h2-6,11,16H,7,14H2,1H3. The van der Waals surface area contributed by atoms with E-state index in [2.05, 4.69) is 51.5 Å². The molecule has 1 heterocycles. The average Bonchev–Trinajstić information content (AvgIpc) is 2.82. The van der Waals surface area contributed by atoms with Crippen LogP contribution >= 0.6 is 27.3 Å². The molecule has 1 unspecified atom stereocenters. The summed E-state index contributed by atoms with van der Waals surface area (Å²) >= 11 is 5.15. The molecule has 0 aliphatic carbocycles. The monoisotopic (exact) mass is 311 g/mol. The number of hydrogen-bond donors (Lipinski definition) is 2. The number of thiazole rings is 1. The number of hydrogen-bond acceptors (Lipinski definition) is 4. The van der Waals surface area contributed by atoms with Gasteiger partial charge in [0.1, 0.15) is 0 Å². The van der Waals surface area contributed by atoms with Gasteiger partial charge in [-0.1, -0.05) is 28.1 Å². The fraction of sp³-hybridized carbons (Fsp3) is 0.250. The van der Waals surface area contributed by atoms with Crippen LogP contribution in [0.25, 0.3) is 0 Å². The number of nitrogens with zero attached hydrogens (tertiary/aromatic N) is 1. The van der Waals surface area contributed by atoms with Crippen LogP contribution in [0.2, 0.25) is 0 Å². The molecule has 5 heteroatoms. The van der Waals surface area contributed by atoms with Crippen LogP contribution in [0, 0.1) is 6.92 Å². The van der Waals surface area contributed by atoms with Crippen molar-refractivity contribution in [2.24, 2.45) is 5.84 Å². The fourth-order valence-electron chi connectivity index (χ4n) is 1.69. The van der Waals surface area contributed by atoms with Crippen molar-refractivity contribution in [3.05, 3.63) is 50.4 Å². The largest absolute Gasteiger partial charge is 0.271 e. The third-order valence-corrected chi connectivity index (χ3v) is 4.34. The van der Waals surface area contributed by atoms with Gasteiger partial charge in [0.25, 0.3) is 0 Å². The van der Waals surface area contributed by atoms with Crippen LogP contribution in [0.15, 0.2) is 34.2 Å². The molecular formula is C12H14BrN3S. The van der Waals surface area contributed by atoms with Gasteiger partial charge in [-0.05, 0) is 24.1 Å². The Morgan fingerprint density at radius 1 is 1.53 bits per heavy atom. The number of nitrogens with one attached hydrogen (secondary N) is 1. The van der Waals surface area contributed by atoms with Gasteiger partial charge in [-0.15, -0.1) is 11.3 Å². The number of benzene rings is 1. The van der Waals surface area contributed by atoms with Gasteiger partial charge < -0.3 is 0 Å². The van der Waals surface area contributed by atoms with E-state index in [4.69, 9.17) is 5.84 Å². The molecule has 0 radical (unpaired) electrons. The molecule has 1 atom stereocenters. The number of aryl methyl sites for hydroxylation is 1. The van der Waals surface area contributed by atoms with Crippen molar-refractivity contribution in [3.8, 4) is 0 Å². The van der Waals surface area contributed by atoms with E-state index in [1.807, 2.05) is 11.6 Å². The Hall–Kier alpha value is -0.750. The normalized spacial score (nSPS) is 12.6. The molecule has 3 N–H and O–H groups in total. The van der Waals surface area contributed by atoms with Gasteiger partial charge >= 0.3 is 0 Å². The van der Waals surface area contributed by atoms with Crippen LogP contribution < -0.4 is 11.3 Å². The van der Waals surface area contributed by atoms with E-state index in [1.165, 1.54) is 11.1 Å². The zero-order valence-corrected chi connectivity index (χ0v) is 11.9. The maximum absolute atomic E-state index is 5.62. The minimum Gasteiger partial charge on any atom is -0.271 e. The minimum atomic E-state index is 0.105. The first-order valence-corrected chi connectivity index (χ1v) is 6.98. The molecule has 1 aromatic carbocycles. The molecule has 0 aliphatic rings. The first-order valence-electron chi connectivity index (χ1n) is 5.31. The quantitative estimate of drug-likeness (QED) is 0.674. The van der Waals surface area contributed by atoms with E-state index >= 15 is 0 Å². The lowest BCUT2D eigenvalue weighted by atomic mass is 10.0. The Balaban J connectivity index is 2.20. The van der Waals surface area contributed by atoms with Crippen LogP contribution in [0.3, 0.4) is 0 Å². The molecule has 0 amide bonds. The summed E-state index contributed by atoms with van der Waals surface area (Å²) in [7, 11) is 0. The van der Waals surface area contributed by atoms with Crippen molar-refractivity contribution in [3.63, 3.8) is 0 Å². The SMILES string of the molecule is Cc1cc(C(Cc2nccs2)NN)ccc1Br. The number of rotatable bonds is 4. The first-order chi connectivity index (χ1) is 8.20. The smallest absolute Gasteiger partial charge is 0.0944 e. The summed E-state index contributed by atoms with van der Waals surface area (Å²) in [6.45, 7) is 2.07. The number of nitrogens with two attached hydrogens (primary N) is 1. The van der Waals surface area contributed by atoms with Crippen LogP contribution in [0.4, 0.5) is 0 Å². The van der Waals surface area contributed by atoms with Crippen molar-refractivity contribution in [2.45, 2.75) is 19.4 Å². The summed E-state index contributed by atoms with van der Waals surface area (Å²) in [6, 6.07) is 6.38. The zero-order valence-electron chi connectivity index (χ0n) is 9.48. The summed E-state index contributed by atoms with van der Waals surface area (Å²) in [5, 5.41) is 3.07. The van der Waals surface area contributed by atoms with Crippen LogP contribution in [0.5, 0.6) is 0 Å². The van der Waals surface area contributed by atoms with Crippen molar-refractivity contribution in [2.75, 3.05) is 0 Å². The molecule has 90 valence electrons. The van der Waals surface area contributed by atoms with Crippen molar-refractivity contribution in [1.82, 2.24) is 10.4 Å². The van der Waals surface area contributed by atoms with E-state index in [-0.39, 0.29) is 6.04 Å². The molecule has 2 rings (SSSR count). The Labute approximate surface area is 113 Å². The molecule has 1 aromatic heterocycles. The molecule has 2 aromatic rings. The lowest BCUT2D eigenvalue weighted by Crippen LogP contribution is -2.29. The summed E-state index contributed by atoms with van der Waals surface area (Å²) in [5.41, 5.74) is 5.25. The highest BCUT2D eigenvalue weighted by atomic mass is 79.9. The molecule has 0 saturated heterocycles. The Kier molecular flexibility index (Phi) is 4.28. The zero-order chi connectivity index (χ0) is 12.3. The highest BCUT2D eigenvalue weighted by Gasteiger charge is 2.12. The van der Waals surface area contributed by atoms with Gasteiger partial charge in [0.2, 0.25) is 0 Å². The predicted octanol–water partition coefficient (Wildman–Crippen LogP) is 2.96. The second-order valence-corrected chi connectivity index (χ2v) is 5.69. The minimum absolute atomic E-state index is 0.105. The topological polar surface area (TPSA) is 50.9 Å². The molecule has 17 heavy (non-hydrogen) atoms. The highest BCUT2D eigenvalue weighted by Crippen LogP contribution is 2.23. The van der Waals surface area contributed by atoms with Gasteiger partial charge in [-0.25, -0.2) is 4.98 Å². The molecule has 0 saturated carbocycles. The molecular weight excluding hydrogens is 298 g/mol. The summed E-state index contributed by atoms with van der Waals surface area (Å²) in [6.07, 6.45) is 2.63. The summed E-state index contributed by atoms with van der Waals surface area (Å²) < 4.78 is 1.12. The molecule has 0 aliphatic heterocycles. The molecule has 3 nitrogen and oxygen atoms in total. The maximum Gasteiger partial charge on any atom is 0.0944 e. The van der Waals surface area contributed by atoms with Gasteiger partial charge in [0, 0.05) is 22.5 Å². The number of hydrazine groups is 1. The average molecular weight is 312 g/mol. The van der Waals surface area contributed by atoms with E-state index in [0.717, 1.165) is 15.9 Å². The first kappa shape index (κ1) is 12.7. The van der Waals surface area contributed by atoms with Crippen LogP contribution in [0.1, 0.15) is 22.2 Å². The highest BCUT2D eigenvalue weighted by molar-refractivity contribution is 9.10. The number of halogens is 1. The fourth-order valence-corrected chi connectivity index (χ4v) is 2.60. The Morgan fingerprint density at radius 3 is 2.94 bits per heavy atom. The summed E-state index contributed by atoms with van der Waals surface area (Å²) in [4.78, 5) is 4.28. The van der Waals surface area contributed by atoms with Gasteiger partial charge in [0.15, 0.2) is 0 Å². The molecule has 0 bridgehead atoms. The number of aromatic nitrogens is 1. The summed E-state index contributed by atoms with van der Waals surface area (Å²) in [5.74, 6) is 5.62. The molecule has 0 spiro atoms. The van der Waals surface area contributed by atoms with Gasteiger partial charge in [-0.2, -0.15) is 0 Å². The van der Waals surface area contributed by atoms with E-state index < -0.39 is 0 Å². The van der Waals surface area contributed by atoms with Crippen molar-refractivity contribution in [1.29, 1.82) is 0 Å². The Bertz CT molecular complexity index is 485.